The van der Waals surface area contributed by atoms with Crippen LogP contribution in [0.3, 0.4) is 0 Å². The van der Waals surface area contributed by atoms with Crippen molar-refractivity contribution in [3.63, 3.8) is 0 Å². The maximum absolute atomic E-state index is 5.91. The molecular formula is C15H18ClN3. The molecule has 3 rings (SSSR count). The third kappa shape index (κ3) is 2.82. The first-order valence-electron chi connectivity index (χ1n) is 6.70. The van der Waals surface area contributed by atoms with E-state index >= 15 is 0 Å². The van der Waals surface area contributed by atoms with E-state index < -0.39 is 0 Å². The van der Waals surface area contributed by atoms with Gasteiger partial charge in [-0.2, -0.15) is 5.10 Å². The summed E-state index contributed by atoms with van der Waals surface area (Å²) in [5.41, 5.74) is 3.82. The lowest BCUT2D eigenvalue weighted by atomic mass is 9.76. The predicted octanol–water partition coefficient (Wildman–Crippen LogP) is 3.41. The summed E-state index contributed by atoms with van der Waals surface area (Å²) in [5, 5.41) is 11.4. The van der Waals surface area contributed by atoms with Gasteiger partial charge >= 0.3 is 0 Å². The second kappa shape index (κ2) is 5.35. The fraction of sp³-hybridized carbons (Fsp3) is 0.400. The van der Waals surface area contributed by atoms with E-state index in [0.717, 1.165) is 17.3 Å². The summed E-state index contributed by atoms with van der Waals surface area (Å²) in [5.74, 6) is 0.681. The summed E-state index contributed by atoms with van der Waals surface area (Å²) in [7, 11) is 0. The van der Waals surface area contributed by atoms with E-state index in [1.165, 1.54) is 24.0 Å². The molecule has 1 aliphatic rings. The van der Waals surface area contributed by atoms with Gasteiger partial charge in [-0.3, -0.25) is 5.10 Å². The highest BCUT2D eigenvalue weighted by molar-refractivity contribution is 6.30. The highest BCUT2D eigenvalue weighted by atomic mass is 35.5. The van der Waals surface area contributed by atoms with Crippen LogP contribution in [0, 0.1) is 6.92 Å². The summed E-state index contributed by atoms with van der Waals surface area (Å²) < 4.78 is 0. The number of aryl methyl sites for hydroxylation is 1. The lowest BCUT2D eigenvalue weighted by Gasteiger charge is -2.36. The third-order valence-electron chi connectivity index (χ3n) is 3.99. The van der Waals surface area contributed by atoms with Crippen LogP contribution in [-0.4, -0.2) is 16.2 Å². The van der Waals surface area contributed by atoms with Gasteiger partial charge in [-0.25, -0.2) is 0 Å². The lowest BCUT2D eigenvalue weighted by molar-refractivity contribution is 0.289. The van der Waals surface area contributed by atoms with Crippen LogP contribution >= 0.6 is 11.6 Å². The zero-order valence-electron chi connectivity index (χ0n) is 11.0. The summed E-state index contributed by atoms with van der Waals surface area (Å²) in [6.45, 7) is 2.96. The summed E-state index contributed by atoms with van der Waals surface area (Å²) in [6, 6.07) is 8.86. The molecule has 0 atom stereocenters. The zero-order chi connectivity index (χ0) is 13.2. The molecule has 1 heterocycles. The number of H-pyrrole nitrogens is 1. The fourth-order valence-corrected chi connectivity index (χ4v) is 2.73. The molecule has 0 amide bonds. The smallest absolute Gasteiger partial charge is 0.0535 e. The Bertz CT molecular complexity index is 541. The molecule has 0 saturated heterocycles. The molecule has 1 aromatic carbocycles. The van der Waals surface area contributed by atoms with Crippen molar-refractivity contribution in [3.05, 3.63) is 52.3 Å². The second-order valence-corrected chi connectivity index (χ2v) is 5.75. The van der Waals surface area contributed by atoms with Crippen LogP contribution in [-0.2, 0) is 6.54 Å². The standard InChI is InChI=1S/C15H18ClN3/c1-10-13(9-18-19-10)8-17-15-6-12(7-15)11-2-4-14(16)5-3-11/h2-5,9,12,15,17H,6-8H2,1H3,(H,18,19). The molecule has 1 aromatic heterocycles. The molecule has 2 aromatic rings. The van der Waals surface area contributed by atoms with Crippen molar-refractivity contribution >= 4 is 11.6 Å². The van der Waals surface area contributed by atoms with Crippen LogP contribution in [0.4, 0.5) is 0 Å². The average molecular weight is 276 g/mol. The quantitative estimate of drug-likeness (QED) is 0.898. The van der Waals surface area contributed by atoms with Crippen LogP contribution in [0.25, 0.3) is 0 Å². The third-order valence-corrected chi connectivity index (χ3v) is 4.25. The zero-order valence-corrected chi connectivity index (χ0v) is 11.7. The van der Waals surface area contributed by atoms with Gasteiger partial charge in [0.2, 0.25) is 0 Å². The van der Waals surface area contributed by atoms with E-state index in [0.29, 0.717) is 12.0 Å². The molecule has 19 heavy (non-hydrogen) atoms. The van der Waals surface area contributed by atoms with Gasteiger partial charge in [0.15, 0.2) is 0 Å². The van der Waals surface area contributed by atoms with Crippen molar-refractivity contribution in [1.82, 2.24) is 15.5 Å². The van der Waals surface area contributed by atoms with E-state index in [-0.39, 0.29) is 0 Å². The SMILES string of the molecule is Cc1[nH]ncc1CNC1CC(c2ccc(Cl)cc2)C1. The van der Waals surface area contributed by atoms with Crippen molar-refractivity contribution < 1.29 is 0 Å². The number of hydrogen-bond acceptors (Lipinski definition) is 2. The van der Waals surface area contributed by atoms with Crippen molar-refractivity contribution in [3.8, 4) is 0 Å². The molecule has 0 radical (unpaired) electrons. The van der Waals surface area contributed by atoms with Gasteiger partial charge in [-0.05, 0) is 43.4 Å². The first kappa shape index (κ1) is 12.7. The Kier molecular flexibility index (Phi) is 3.58. The Morgan fingerprint density at radius 1 is 1.32 bits per heavy atom. The first-order chi connectivity index (χ1) is 9.22. The second-order valence-electron chi connectivity index (χ2n) is 5.32. The molecule has 0 aliphatic heterocycles. The fourth-order valence-electron chi connectivity index (χ4n) is 2.60. The van der Waals surface area contributed by atoms with Crippen LogP contribution in [0.2, 0.25) is 5.02 Å². The van der Waals surface area contributed by atoms with Gasteiger partial charge in [0.25, 0.3) is 0 Å². The highest BCUT2D eigenvalue weighted by Gasteiger charge is 2.29. The Labute approximate surface area is 118 Å². The molecule has 100 valence electrons. The molecule has 0 spiro atoms. The molecule has 0 bridgehead atoms. The maximum Gasteiger partial charge on any atom is 0.0535 e. The summed E-state index contributed by atoms with van der Waals surface area (Å²) >= 11 is 5.91. The van der Waals surface area contributed by atoms with Crippen molar-refractivity contribution in [2.24, 2.45) is 0 Å². The highest BCUT2D eigenvalue weighted by Crippen LogP contribution is 2.37. The predicted molar refractivity (Wildman–Crippen MR) is 77.4 cm³/mol. The number of aromatic nitrogens is 2. The number of aromatic amines is 1. The number of nitrogens with zero attached hydrogens (tertiary/aromatic N) is 1. The van der Waals surface area contributed by atoms with E-state index in [1.807, 2.05) is 18.3 Å². The van der Waals surface area contributed by atoms with Gasteiger partial charge in [0.05, 0.1) is 6.20 Å². The molecule has 2 N–H and O–H groups in total. The lowest BCUT2D eigenvalue weighted by Crippen LogP contribution is -2.39. The molecule has 4 heteroatoms. The van der Waals surface area contributed by atoms with Crippen LogP contribution in [0.15, 0.2) is 30.5 Å². The van der Waals surface area contributed by atoms with Gasteiger partial charge in [-0.1, -0.05) is 23.7 Å². The molecule has 3 nitrogen and oxygen atoms in total. The number of nitrogens with one attached hydrogen (secondary N) is 2. The van der Waals surface area contributed by atoms with Crippen molar-refractivity contribution in [2.75, 3.05) is 0 Å². The molecule has 1 saturated carbocycles. The van der Waals surface area contributed by atoms with Crippen LogP contribution in [0.1, 0.15) is 35.6 Å². The summed E-state index contributed by atoms with van der Waals surface area (Å²) in [6.07, 6.45) is 4.31. The maximum atomic E-state index is 5.91. The number of halogens is 1. The van der Waals surface area contributed by atoms with Crippen molar-refractivity contribution in [1.29, 1.82) is 0 Å². The monoisotopic (exact) mass is 275 g/mol. The van der Waals surface area contributed by atoms with Crippen LogP contribution < -0.4 is 5.32 Å². The number of rotatable bonds is 4. The Morgan fingerprint density at radius 3 is 2.68 bits per heavy atom. The topological polar surface area (TPSA) is 40.7 Å². The van der Waals surface area contributed by atoms with Gasteiger partial charge in [0, 0.05) is 28.9 Å². The summed E-state index contributed by atoms with van der Waals surface area (Å²) in [4.78, 5) is 0. The average Bonchev–Trinajstić information content (AvgIpc) is 2.75. The normalized spacial score (nSPS) is 22.2. The van der Waals surface area contributed by atoms with Gasteiger partial charge in [-0.15, -0.1) is 0 Å². The number of hydrogen-bond donors (Lipinski definition) is 2. The van der Waals surface area contributed by atoms with E-state index in [2.05, 4.69) is 34.6 Å². The Balaban J connectivity index is 1.48. The van der Waals surface area contributed by atoms with E-state index in [1.54, 1.807) is 0 Å². The van der Waals surface area contributed by atoms with Gasteiger partial charge in [0.1, 0.15) is 0 Å². The minimum atomic E-state index is 0.620. The largest absolute Gasteiger partial charge is 0.310 e. The Morgan fingerprint density at radius 2 is 2.05 bits per heavy atom. The Hall–Kier alpha value is -1.32. The van der Waals surface area contributed by atoms with E-state index in [9.17, 15) is 0 Å². The van der Waals surface area contributed by atoms with E-state index in [4.69, 9.17) is 11.6 Å². The van der Waals surface area contributed by atoms with Crippen molar-refractivity contribution in [2.45, 2.75) is 38.3 Å². The molecule has 1 fully saturated rings. The van der Waals surface area contributed by atoms with Gasteiger partial charge < -0.3 is 5.32 Å². The molecule has 1 aliphatic carbocycles. The minimum Gasteiger partial charge on any atom is -0.310 e. The van der Waals surface area contributed by atoms with Crippen LogP contribution in [0.5, 0.6) is 0 Å². The molecule has 0 unspecified atom stereocenters. The minimum absolute atomic E-state index is 0.620. The number of benzene rings is 1. The first-order valence-corrected chi connectivity index (χ1v) is 7.08. The molecular weight excluding hydrogens is 258 g/mol.